The zero-order valence-corrected chi connectivity index (χ0v) is 15.8. The van der Waals surface area contributed by atoms with Crippen LogP contribution in [0.1, 0.15) is 83.5 Å². The molecule has 2 aliphatic rings. The van der Waals surface area contributed by atoms with Gasteiger partial charge in [-0.15, -0.1) is 0 Å². The van der Waals surface area contributed by atoms with Gasteiger partial charge in [0.2, 0.25) is 0 Å². The van der Waals surface area contributed by atoms with Crippen molar-refractivity contribution < 1.29 is 9.32 Å². The summed E-state index contributed by atoms with van der Waals surface area (Å²) in [6.07, 6.45) is 6.24. The van der Waals surface area contributed by atoms with E-state index in [1.54, 1.807) is 0 Å². The highest BCUT2D eigenvalue weighted by Crippen LogP contribution is 2.45. The predicted molar refractivity (Wildman–Crippen MR) is 99.6 cm³/mol. The van der Waals surface area contributed by atoms with Gasteiger partial charge in [0, 0.05) is 35.8 Å². The van der Waals surface area contributed by atoms with Crippen LogP contribution in [0.4, 0.5) is 0 Å². The number of pyridine rings is 1. The highest BCUT2D eigenvalue weighted by molar-refractivity contribution is 6.06. The third-order valence-corrected chi connectivity index (χ3v) is 5.78. The van der Waals surface area contributed by atoms with Crippen LogP contribution in [0.2, 0.25) is 0 Å². The lowest BCUT2D eigenvalue weighted by Crippen LogP contribution is -2.27. The Balaban J connectivity index is 1.53. The number of carbonyl (C=O) groups is 1. The first-order valence-corrected chi connectivity index (χ1v) is 9.62. The standard InChI is InChI=1S/C20H23N5O2/c1-10(15-9-21-25(3)11(15)2)22-19(26)14-8-16(12-4-5-12)23-20-17(14)18(24-27-20)13-6-7-13/h8-10,12-13H,4-7H2,1-3H3,(H,22,26)/t10-/m1/s1. The van der Waals surface area contributed by atoms with Gasteiger partial charge in [0.15, 0.2) is 0 Å². The largest absolute Gasteiger partial charge is 0.345 e. The molecule has 1 amide bonds. The predicted octanol–water partition coefficient (Wildman–Crippen LogP) is 3.51. The minimum atomic E-state index is -0.136. The quantitative estimate of drug-likeness (QED) is 0.748. The Morgan fingerprint density at radius 1 is 1.30 bits per heavy atom. The van der Waals surface area contributed by atoms with Gasteiger partial charge in [-0.05, 0) is 45.6 Å². The summed E-state index contributed by atoms with van der Waals surface area (Å²) in [4.78, 5) is 17.9. The van der Waals surface area contributed by atoms with Gasteiger partial charge >= 0.3 is 0 Å². The van der Waals surface area contributed by atoms with Crippen LogP contribution in [0.3, 0.4) is 0 Å². The van der Waals surface area contributed by atoms with Gasteiger partial charge in [0.05, 0.1) is 28.9 Å². The van der Waals surface area contributed by atoms with Crippen LogP contribution >= 0.6 is 0 Å². The second-order valence-corrected chi connectivity index (χ2v) is 7.90. The first-order chi connectivity index (χ1) is 13.0. The van der Waals surface area contributed by atoms with Crippen molar-refractivity contribution in [1.29, 1.82) is 0 Å². The Labute approximate surface area is 157 Å². The van der Waals surface area contributed by atoms with Gasteiger partial charge in [0.1, 0.15) is 0 Å². The van der Waals surface area contributed by atoms with Crippen molar-refractivity contribution in [1.82, 2.24) is 25.2 Å². The summed E-state index contributed by atoms with van der Waals surface area (Å²) in [5.74, 6) is 0.725. The van der Waals surface area contributed by atoms with Crippen LogP contribution in [0, 0.1) is 6.92 Å². The van der Waals surface area contributed by atoms with Crippen molar-refractivity contribution in [3.63, 3.8) is 0 Å². The summed E-state index contributed by atoms with van der Waals surface area (Å²) in [6.45, 7) is 3.99. The van der Waals surface area contributed by atoms with E-state index >= 15 is 0 Å². The van der Waals surface area contributed by atoms with E-state index in [2.05, 4.69) is 20.6 Å². The van der Waals surface area contributed by atoms with Gasteiger partial charge in [0.25, 0.3) is 11.6 Å². The number of fused-ring (bicyclic) bond motifs is 1. The minimum absolute atomic E-state index is 0.106. The Hall–Kier alpha value is -2.70. The summed E-state index contributed by atoms with van der Waals surface area (Å²) in [7, 11) is 1.90. The average molecular weight is 365 g/mol. The second kappa shape index (κ2) is 5.90. The van der Waals surface area contributed by atoms with Crippen LogP contribution < -0.4 is 5.32 Å². The molecule has 2 aliphatic carbocycles. The number of nitrogens with zero attached hydrogens (tertiary/aromatic N) is 4. The SMILES string of the molecule is Cc1c([C@@H](C)NC(=O)c2cc(C3CC3)nc3onc(C4CC4)c23)cnn1C. The van der Waals surface area contributed by atoms with Crippen molar-refractivity contribution in [2.24, 2.45) is 7.05 Å². The van der Waals surface area contributed by atoms with E-state index in [1.165, 1.54) is 0 Å². The Bertz CT molecular complexity index is 1040. The molecule has 1 atom stereocenters. The molecule has 0 aromatic carbocycles. The van der Waals surface area contributed by atoms with E-state index in [-0.39, 0.29) is 11.9 Å². The highest BCUT2D eigenvalue weighted by atomic mass is 16.5. The zero-order chi connectivity index (χ0) is 18.7. The summed E-state index contributed by atoms with van der Waals surface area (Å²) in [5, 5.41) is 12.4. The normalized spacial score (nSPS) is 18.0. The zero-order valence-electron chi connectivity index (χ0n) is 15.8. The third kappa shape index (κ3) is 2.81. The number of aromatic nitrogens is 4. The van der Waals surface area contributed by atoms with Crippen LogP contribution in [-0.4, -0.2) is 25.8 Å². The average Bonchev–Trinajstić information content (AvgIpc) is 3.58. The molecule has 0 aliphatic heterocycles. The van der Waals surface area contributed by atoms with Crippen molar-refractivity contribution in [3.05, 3.63) is 40.5 Å². The van der Waals surface area contributed by atoms with E-state index in [9.17, 15) is 4.79 Å². The smallest absolute Gasteiger partial charge is 0.259 e. The Morgan fingerprint density at radius 2 is 2.04 bits per heavy atom. The van der Waals surface area contributed by atoms with E-state index in [4.69, 9.17) is 4.52 Å². The Kier molecular flexibility index (Phi) is 3.60. The van der Waals surface area contributed by atoms with Gasteiger partial charge in [-0.2, -0.15) is 5.10 Å². The van der Waals surface area contributed by atoms with Crippen molar-refractivity contribution in [2.75, 3.05) is 0 Å². The van der Waals surface area contributed by atoms with Crippen LogP contribution in [0.15, 0.2) is 16.8 Å². The maximum atomic E-state index is 13.2. The summed E-state index contributed by atoms with van der Waals surface area (Å²) >= 11 is 0. The molecule has 140 valence electrons. The van der Waals surface area contributed by atoms with Gasteiger partial charge in [-0.1, -0.05) is 5.16 Å². The lowest BCUT2D eigenvalue weighted by atomic mass is 10.0. The number of carbonyl (C=O) groups excluding carboxylic acids is 1. The first-order valence-electron chi connectivity index (χ1n) is 9.62. The maximum Gasteiger partial charge on any atom is 0.259 e. The Morgan fingerprint density at radius 3 is 2.67 bits per heavy atom. The molecule has 0 bridgehead atoms. The number of rotatable bonds is 5. The van der Waals surface area contributed by atoms with E-state index in [0.29, 0.717) is 23.1 Å². The van der Waals surface area contributed by atoms with Crippen LogP contribution in [-0.2, 0) is 7.05 Å². The molecule has 3 heterocycles. The number of aryl methyl sites for hydroxylation is 1. The molecule has 0 unspecified atom stereocenters. The molecular weight excluding hydrogens is 342 g/mol. The molecular formula is C20H23N5O2. The van der Waals surface area contributed by atoms with Crippen molar-refractivity contribution in [2.45, 2.75) is 57.4 Å². The molecule has 0 spiro atoms. The lowest BCUT2D eigenvalue weighted by molar-refractivity contribution is 0.0941. The molecule has 3 aromatic rings. The summed E-state index contributed by atoms with van der Waals surface area (Å²) in [5.41, 5.74) is 5.03. The second-order valence-electron chi connectivity index (χ2n) is 7.90. The molecule has 7 nitrogen and oxygen atoms in total. The fourth-order valence-corrected chi connectivity index (χ4v) is 3.69. The van der Waals surface area contributed by atoms with E-state index in [0.717, 1.165) is 53.7 Å². The van der Waals surface area contributed by atoms with E-state index in [1.807, 2.05) is 37.8 Å². The van der Waals surface area contributed by atoms with E-state index < -0.39 is 0 Å². The molecule has 5 rings (SSSR count). The summed E-state index contributed by atoms with van der Waals surface area (Å²) in [6, 6.07) is 1.81. The number of amides is 1. The molecule has 2 fully saturated rings. The van der Waals surface area contributed by atoms with Crippen LogP contribution in [0.5, 0.6) is 0 Å². The van der Waals surface area contributed by atoms with Gasteiger partial charge in [-0.3, -0.25) is 9.48 Å². The molecule has 27 heavy (non-hydrogen) atoms. The maximum absolute atomic E-state index is 13.2. The van der Waals surface area contributed by atoms with Crippen molar-refractivity contribution >= 4 is 17.0 Å². The van der Waals surface area contributed by atoms with Crippen molar-refractivity contribution in [3.8, 4) is 0 Å². The summed E-state index contributed by atoms with van der Waals surface area (Å²) < 4.78 is 7.34. The minimum Gasteiger partial charge on any atom is -0.345 e. The molecule has 7 heteroatoms. The molecule has 2 saturated carbocycles. The fourth-order valence-electron chi connectivity index (χ4n) is 3.69. The van der Waals surface area contributed by atoms with Gasteiger partial charge in [-0.25, -0.2) is 4.98 Å². The highest BCUT2D eigenvalue weighted by Gasteiger charge is 2.34. The number of nitrogens with one attached hydrogen (secondary N) is 1. The molecule has 1 N–H and O–H groups in total. The number of hydrogen-bond acceptors (Lipinski definition) is 5. The molecule has 3 aromatic heterocycles. The lowest BCUT2D eigenvalue weighted by Gasteiger charge is -2.15. The van der Waals surface area contributed by atoms with Gasteiger partial charge < -0.3 is 9.84 Å². The fraction of sp³-hybridized carbons (Fsp3) is 0.500. The number of hydrogen-bond donors (Lipinski definition) is 1. The third-order valence-electron chi connectivity index (χ3n) is 5.78. The molecule has 0 saturated heterocycles. The topological polar surface area (TPSA) is 85.8 Å². The molecule has 0 radical (unpaired) electrons. The monoisotopic (exact) mass is 365 g/mol. The first kappa shape index (κ1) is 16.5. The van der Waals surface area contributed by atoms with Crippen LogP contribution in [0.25, 0.3) is 11.1 Å².